The molecule has 2 atom stereocenters. The lowest BCUT2D eigenvalue weighted by molar-refractivity contribution is -0.352. The molecule has 2 aliphatic rings. The Hall–Kier alpha value is -2.44. The molecule has 1 aliphatic heterocycles. The van der Waals surface area contributed by atoms with Crippen LogP contribution in [0.15, 0.2) is 22.7 Å². The van der Waals surface area contributed by atoms with Gasteiger partial charge < -0.3 is 19.9 Å². The summed E-state index contributed by atoms with van der Waals surface area (Å²) in [6.45, 7) is 0.191. The molecule has 0 spiro atoms. The van der Waals surface area contributed by atoms with Crippen LogP contribution in [0.3, 0.4) is 0 Å². The molecule has 1 aromatic heterocycles. The highest BCUT2D eigenvalue weighted by atomic mass is 35.5. The molecule has 1 saturated heterocycles. The molecule has 2 aromatic rings. The van der Waals surface area contributed by atoms with Crippen LogP contribution in [-0.2, 0) is 9.53 Å². The van der Waals surface area contributed by atoms with Crippen molar-refractivity contribution in [3.63, 3.8) is 0 Å². The number of alkyl halides is 3. The Morgan fingerprint density at radius 1 is 1.30 bits per heavy atom. The average molecular weight is 493 g/mol. The summed E-state index contributed by atoms with van der Waals surface area (Å²) < 4.78 is 64.6. The monoisotopic (exact) mass is 492 g/mol. The molecular weight excluding hydrogens is 472 g/mol. The van der Waals surface area contributed by atoms with E-state index in [0.717, 1.165) is 6.07 Å². The number of nitrogens with zero attached hydrogens (tertiary/aromatic N) is 2. The Bertz CT molecular complexity index is 975. The van der Waals surface area contributed by atoms with E-state index in [-0.39, 0.29) is 54.1 Å². The smallest absolute Gasteiger partial charge is 0.484 e. The molecule has 1 aliphatic carbocycles. The lowest BCUT2D eigenvalue weighted by atomic mass is 9.82. The number of rotatable bonds is 7. The Morgan fingerprint density at radius 2 is 2.09 bits per heavy atom. The number of piperidine rings is 1. The number of benzene rings is 1. The van der Waals surface area contributed by atoms with Gasteiger partial charge >= 0.3 is 6.36 Å². The van der Waals surface area contributed by atoms with Crippen molar-refractivity contribution < 1.29 is 36.4 Å². The highest BCUT2D eigenvalue weighted by molar-refractivity contribution is 6.30. The van der Waals surface area contributed by atoms with Gasteiger partial charge in [0.1, 0.15) is 11.6 Å². The van der Waals surface area contributed by atoms with Crippen LogP contribution >= 0.6 is 11.6 Å². The van der Waals surface area contributed by atoms with Gasteiger partial charge in [-0.15, -0.1) is 13.2 Å². The Morgan fingerprint density at radius 3 is 2.76 bits per heavy atom. The number of carbonyl (C=O) groups is 1. The summed E-state index contributed by atoms with van der Waals surface area (Å²) in [6.07, 6.45) is -3.90. The summed E-state index contributed by atoms with van der Waals surface area (Å²) in [7, 11) is 0. The van der Waals surface area contributed by atoms with Gasteiger partial charge in [-0.3, -0.25) is 9.53 Å². The molecule has 4 rings (SSSR count). The van der Waals surface area contributed by atoms with Crippen LogP contribution < -0.4 is 15.4 Å². The molecule has 33 heavy (non-hydrogen) atoms. The first-order valence-electron chi connectivity index (χ1n) is 10.3. The summed E-state index contributed by atoms with van der Waals surface area (Å²) in [6, 6.07) is 3.59. The Balaban J connectivity index is 1.18. The van der Waals surface area contributed by atoms with Crippen LogP contribution in [0.1, 0.15) is 49.4 Å². The van der Waals surface area contributed by atoms with Gasteiger partial charge in [0, 0.05) is 24.6 Å². The van der Waals surface area contributed by atoms with Gasteiger partial charge in [-0.1, -0.05) is 16.8 Å². The van der Waals surface area contributed by atoms with E-state index in [1.54, 1.807) is 0 Å². The third-order valence-corrected chi connectivity index (χ3v) is 5.86. The topological polar surface area (TPSA) is 98.5 Å². The molecule has 2 heterocycles. The summed E-state index contributed by atoms with van der Waals surface area (Å²) >= 11 is 5.61. The largest absolute Gasteiger partial charge is 0.522 e. The fourth-order valence-corrected chi connectivity index (χ4v) is 3.91. The second-order valence-electron chi connectivity index (χ2n) is 8.01. The zero-order valence-electron chi connectivity index (χ0n) is 17.2. The molecule has 1 amide bonds. The molecule has 0 radical (unpaired) electrons. The van der Waals surface area contributed by atoms with Crippen molar-refractivity contribution in [1.29, 1.82) is 0 Å². The van der Waals surface area contributed by atoms with Crippen molar-refractivity contribution in [2.75, 3.05) is 13.2 Å². The SMILES string of the molecule is O=C(COc1ccc(Cl)c(F)c1)N[C@H]1CC[C@H](c2noc(C3CC(OC(F)(F)F)C3)n2)NC1. The number of carbonyl (C=O) groups excluding carboxylic acids is 1. The standard InChI is InChI=1S/C20H21ClF4N4O4/c21-14-3-2-12(7-15(14)22)31-9-17(30)27-11-1-4-16(26-8-11)18-28-19(33-29-18)10-5-13(6-10)32-20(23,24)25/h2-3,7,10-11,13,16,26H,1,4-6,8-9H2,(H,27,30)/t10?,11-,13?,16+/m0/s1. The van der Waals surface area contributed by atoms with E-state index in [9.17, 15) is 22.4 Å². The second kappa shape index (κ2) is 9.82. The minimum atomic E-state index is -4.65. The van der Waals surface area contributed by atoms with Gasteiger partial charge in [-0.05, 0) is 37.8 Å². The van der Waals surface area contributed by atoms with Crippen LogP contribution in [0, 0.1) is 5.82 Å². The van der Waals surface area contributed by atoms with Crippen LogP contribution in [0.4, 0.5) is 17.6 Å². The number of hydrogen-bond acceptors (Lipinski definition) is 7. The first-order chi connectivity index (χ1) is 15.7. The van der Waals surface area contributed by atoms with E-state index in [4.69, 9.17) is 20.9 Å². The van der Waals surface area contributed by atoms with Crippen molar-refractivity contribution in [3.8, 4) is 5.75 Å². The van der Waals surface area contributed by atoms with Gasteiger partial charge in [0.25, 0.3) is 5.91 Å². The number of hydrogen-bond donors (Lipinski definition) is 2. The number of nitrogens with one attached hydrogen (secondary N) is 2. The van der Waals surface area contributed by atoms with E-state index in [1.807, 2.05) is 0 Å². The van der Waals surface area contributed by atoms with E-state index >= 15 is 0 Å². The van der Waals surface area contributed by atoms with Gasteiger partial charge in [-0.2, -0.15) is 4.98 Å². The second-order valence-corrected chi connectivity index (χ2v) is 8.42. The third kappa shape index (κ3) is 6.33. The Labute approximate surface area is 190 Å². The van der Waals surface area contributed by atoms with Crippen molar-refractivity contribution in [2.24, 2.45) is 0 Å². The quantitative estimate of drug-likeness (QED) is 0.569. The van der Waals surface area contributed by atoms with Crippen molar-refractivity contribution in [3.05, 3.63) is 40.8 Å². The number of ether oxygens (including phenoxy) is 2. The molecule has 2 N–H and O–H groups in total. The molecular formula is C20H21ClF4N4O4. The fraction of sp³-hybridized carbons (Fsp3) is 0.550. The zero-order valence-corrected chi connectivity index (χ0v) is 18.0. The zero-order chi connectivity index (χ0) is 23.6. The highest BCUT2D eigenvalue weighted by Gasteiger charge is 2.42. The Kier molecular flexibility index (Phi) is 7.05. The summed E-state index contributed by atoms with van der Waals surface area (Å²) in [5.74, 6) is -0.289. The lowest BCUT2D eigenvalue weighted by Gasteiger charge is -2.32. The van der Waals surface area contributed by atoms with Gasteiger partial charge in [-0.25, -0.2) is 4.39 Å². The summed E-state index contributed by atoms with van der Waals surface area (Å²) in [5, 5.41) is 9.98. The van der Waals surface area contributed by atoms with Crippen LogP contribution in [0.5, 0.6) is 5.75 Å². The maximum atomic E-state index is 13.4. The van der Waals surface area contributed by atoms with Crippen LogP contribution in [0.2, 0.25) is 5.02 Å². The fourth-order valence-electron chi connectivity index (χ4n) is 3.79. The minimum Gasteiger partial charge on any atom is -0.484 e. The third-order valence-electron chi connectivity index (χ3n) is 5.55. The highest BCUT2D eigenvalue weighted by Crippen LogP contribution is 2.41. The van der Waals surface area contributed by atoms with Crippen molar-refractivity contribution >= 4 is 17.5 Å². The number of halogens is 5. The van der Waals surface area contributed by atoms with Crippen LogP contribution in [-0.4, -0.2) is 47.7 Å². The normalized spacial score (nSPS) is 25.4. The average Bonchev–Trinajstić information content (AvgIpc) is 3.21. The molecule has 0 unspecified atom stereocenters. The molecule has 1 aromatic carbocycles. The molecule has 180 valence electrons. The van der Waals surface area contributed by atoms with Crippen LogP contribution in [0.25, 0.3) is 0 Å². The number of amides is 1. The molecule has 0 bridgehead atoms. The van der Waals surface area contributed by atoms with E-state index in [1.165, 1.54) is 12.1 Å². The predicted molar refractivity (Wildman–Crippen MR) is 106 cm³/mol. The van der Waals surface area contributed by atoms with Crippen molar-refractivity contribution in [1.82, 2.24) is 20.8 Å². The first kappa shape index (κ1) is 23.7. The predicted octanol–water partition coefficient (Wildman–Crippen LogP) is 3.63. The number of aromatic nitrogens is 2. The maximum absolute atomic E-state index is 13.4. The molecule has 13 heteroatoms. The van der Waals surface area contributed by atoms with E-state index in [0.29, 0.717) is 31.1 Å². The molecule has 1 saturated carbocycles. The van der Waals surface area contributed by atoms with E-state index in [2.05, 4.69) is 25.5 Å². The lowest BCUT2D eigenvalue weighted by Crippen LogP contribution is -2.48. The summed E-state index contributed by atoms with van der Waals surface area (Å²) in [5.41, 5.74) is 0. The molecule has 8 nitrogen and oxygen atoms in total. The van der Waals surface area contributed by atoms with Gasteiger partial charge in [0.05, 0.1) is 17.2 Å². The minimum absolute atomic E-state index is 0.0317. The maximum Gasteiger partial charge on any atom is 0.522 e. The van der Waals surface area contributed by atoms with Crippen molar-refractivity contribution in [2.45, 2.75) is 56.2 Å². The van der Waals surface area contributed by atoms with Gasteiger partial charge in [0.15, 0.2) is 12.4 Å². The first-order valence-corrected chi connectivity index (χ1v) is 10.7. The van der Waals surface area contributed by atoms with Gasteiger partial charge in [0.2, 0.25) is 5.89 Å². The summed E-state index contributed by atoms with van der Waals surface area (Å²) in [4.78, 5) is 16.4. The molecule has 2 fully saturated rings. The van der Waals surface area contributed by atoms with E-state index < -0.39 is 18.3 Å².